The van der Waals surface area contributed by atoms with Crippen LogP contribution in [0.4, 0.5) is 0 Å². The molecule has 0 saturated heterocycles. The molecule has 2 aliphatic rings. The van der Waals surface area contributed by atoms with Crippen molar-refractivity contribution >= 4 is 0 Å². The van der Waals surface area contributed by atoms with Crippen LogP contribution in [-0.4, -0.2) is 30.0 Å². The van der Waals surface area contributed by atoms with Gasteiger partial charge in [-0.25, -0.2) is 0 Å². The van der Waals surface area contributed by atoms with Crippen molar-refractivity contribution in [3.63, 3.8) is 0 Å². The number of ether oxygens (including phenoxy) is 1. The van der Waals surface area contributed by atoms with E-state index in [2.05, 4.69) is 0 Å². The van der Waals surface area contributed by atoms with Crippen molar-refractivity contribution in [3.8, 4) is 0 Å². The van der Waals surface area contributed by atoms with Crippen LogP contribution in [0.15, 0.2) is 0 Å². The van der Waals surface area contributed by atoms with Crippen LogP contribution in [0, 0.1) is 5.92 Å². The maximum absolute atomic E-state index is 10.0. The van der Waals surface area contributed by atoms with Crippen molar-refractivity contribution in [1.29, 1.82) is 0 Å². The van der Waals surface area contributed by atoms with Crippen LogP contribution in [-0.2, 0) is 4.74 Å². The summed E-state index contributed by atoms with van der Waals surface area (Å²) in [5.41, 5.74) is 5.75. The monoisotopic (exact) mass is 227 g/mol. The molecule has 94 valence electrons. The zero-order valence-electron chi connectivity index (χ0n) is 10.1. The fourth-order valence-corrected chi connectivity index (χ4v) is 3.09. The van der Waals surface area contributed by atoms with Gasteiger partial charge >= 0.3 is 0 Å². The number of aliphatic hydroxyl groups excluding tert-OH is 1. The second kappa shape index (κ2) is 5.99. The smallest absolute Gasteiger partial charge is 0.0837 e. The van der Waals surface area contributed by atoms with Gasteiger partial charge in [0.05, 0.1) is 18.3 Å². The van der Waals surface area contributed by atoms with Gasteiger partial charge in [0.2, 0.25) is 0 Å². The van der Waals surface area contributed by atoms with Crippen molar-refractivity contribution in [1.82, 2.24) is 0 Å². The maximum atomic E-state index is 10.0. The van der Waals surface area contributed by atoms with Crippen molar-refractivity contribution in [3.05, 3.63) is 0 Å². The molecule has 3 heteroatoms. The summed E-state index contributed by atoms with van der Waals surface area (Å²) in [5.74, 6) is 0.524. The van der Waals surface area contributed by atoms with Crippen molar-refractivity contribution in [2.45, 2.75) is 69.7 Å². The summed E-state index contributed by atoms with van der Waals surface area (Å²) in [6.07, 6.45) is 9.20. The quantitative estimate of drug-likeness (QED) is 0.723. The summed E-state index contributed by atoms with van der Waals surface area (Å²) < 4.78 is 6.12. The van der Waals surface area contributed by atoms with E-state index < -0.39 is 0 Å². The Morgan fingerprint density at radius 2 is 1.69 bits per heavy atom. The highest BCUT2D eigenvalue weighted by Crippen LogP contribution is 2.31. The minimum absolute atomic E-state index is 0.0691. The molecule has 4 unspecified atom stereocenters. The van der Waals surface area contributed by atoms with E-state index >= 15 is 0 Å². The molecule has 3 nitrogen and oxygen atoms in total. The summed E-state index contributed by atoms with van der Waals surface area (Å²) >= 11 is 0. The summed E-state index contributed by atoms with van der Waals surface area (Å²) in [6, 6.07) is 0. The molecule has 2 aliphatic carbocycles. The number of hydrogen-bond acceptors (Lipinski definition) is 3. The molecule has 0 radical (unpaired) electrons. The first-order valence-electron chi connectivity index (χ1n) is 6.85. The predicted molar refractivity (Wildman–Crippen MR) is 64.1 cm³/mol. The van der Waals surface area contributed by atoms with Crippen LogP contribution in [0.3, 0.4) is 0 Å². The molecule has 0 heterocycles. The summed E-state index contributed by atoms with van der Waals surface area (Å²) in [6.45, 7) is 0.730. The van der Waals surface area contributed by atoms with Gasteiger partial charge in [0.15, 0.2) is 0 Å². The van der Waals surface area contributed by atoms with E-state index in [-0.39, 0.29) is 12.2 Å². The maximum Gasteiger partial charge on any atom is 0.0837 e. The van der Waals surface area contributed by atoms with Crippen LogP contribution >= 0.6 is 0 Å². The lowest BCUT2D eigenvalue weighted by atomic mass is 10.0. The molecule has 16 heavy (non-hydrogen) atoms. The Morgan fingerprint density at radius 3 is 2.50 bits per heavy atom. The lowest BCUT2D eigenvalue weighted by molar-refractivity contribution is -0.0893. The highest BCUT2D eigenvalue weighted by molar-refractivity contribution is 4.82. The van der Waals surface area contributed by atoms with E-state index in [1.807, 2.05) is 0 Å². The Hall–Kier alpha value is -0.120. The number of nitrogens with two attached hydrogens (primary N) is 1. The second-order valence-corrected chi connectivity index (χ2v) is 5.35. The molecule has 0 spiro atoms. The van der Waals surface area contributed by atoms with Gasteiger partial charge in [-0.2, -0.15) is 0 Å². The molecular weight excluding hydrogens is 202 g/mol. The minimum atomic E-state index is -0.249. The average Bonchev–Trinajstić information content (AvgIpc) is 2.64. The molecule has 2 saturated carbocycles. The van der Waals surface area contributed by atoms with Gasteiger partial charge in [0.1, 0.15) is 0 Å². The van der Waals surface area contributed by atoms with Crippen molar-refractivity contribution < 1.29 is 9.84 Å². The van der Waals surface area contributed by atoms with Gasteiger partial charge < -0.3 is 15.6 Å². The highest BCUT2D eigenvalue weighted by atomic mass is 16.5. The largest absolute Gasteiger partial charge is 0.390 e. The first kappa shape index (κ1) is 12.3. The lowest BCUT2D eigenvalue weighted by Crippen LogP contribution is -2.35. The van der Waals surface area contributed by atoms with E-state index in [9.17, 15) is 5.11 Å². The van der Waals surface area contributed by atoms with Gasteiger partial charge in [0, 0.05) is 0 Å². The van der Waals surface area contributed by atoms with Crippen LogP contribution in [0.25, 0.3) is 0 Å². The van der Waals surface area contributed by atoms with E-state index in [4.69, 9.17) is 10.5 Å². The van der Waals surface area contributed by atoms with Gasteiger partial charge in [-0.15, -0.1) is 0 Å². The Labute approximate surface area is 98.4 Å². The van der Waals surface area contributed by atoms with E-state index in [0.717, 1.165) is 32.2 Å². The molecule has 2 fully saturated rings. The fourth-order valence-electron chi connectivity index (χ4n) is 3.09. The SMILES string of the molecule is NCC1CCCC1OC1CCCCCC1O. The standard InChI is InChI=1S/C13H25NO2/c14-9-10-5-4-8-12(10)16-13-7-3-1-2-6-11(13)15/h10-13,15H,1-9,14H2. The average molecular weight is 227 g/mol. The highest BCUT2D eigenvalue weighted by Gasteiger charge is 2.32. The molecule has 2 rings (SSSR count). The first-order chi connectivity index (χ1) is 7.81. The normalized spacial score (nSPS) is 40.9. The Bertz CT molecular complexity index is 210. The Kier molecular flexibility index (Phi) is 4.62. The van der Waals surface area contributed by atoms with Crippen LogP contribution in [0.5, 0.6) is 0 Å². The lowest BCUT2D eigenvalue weighted by Gasteiger charge is -2.27. The number of aliphatic hydroxyl groups is 1. The molecule has 0 aromatic heterocycles. The zero-order valence-corrected chi connectivity index (χ0v) is 10.1. The van der Waals surface area contributed by atoms with Crippen molar-refractivity contribution in [2.24, 2.45) is 11.7 Å². The molecule has 0 aliphatic heterocycles. The fraction of sp³-hybridized carbons (Fsp3) is 1.00. The van der Waals surface area contributed by atoms with Crippen LogP contribution in [0.2, 0.25) is 0 Å². The number of hydrogen-bond donors (Lipinski definition) is 2. The summed E-state index contributed by atoms with van der Waals surface area (Å²) in [7, 11) is 0. The molecule has 0 amide bonds. The van der Waals surface area contributed by atoms with Gasteiger partial charge in [0.25, 0.3) is 0 Å². The van der Waals surface area contributed by atoms with Gasteiger partial charge in [-0.05, 0) is 38.1 Å². The zero-order chi connectivity index (χ0) is 11.4. The molecule has 3 N–H and O–H groups in total. The van der Waals surface area contributed by atoms with E-state index in [1.54, 1.807) is 0 Å². The van der Waals surface area contributed by atoms with Crippen LogP contribution in [0.1, 0.15) is 51.4 Å². The third-order valence-corrected chi connectivity index (χ3v) is 4.16. The second-order valence-electron chi connectivity index (χ2n) is 5.35. The third-order valence-electron chi connectivity index (χ3n) is 4.16. The Morgan fingerprint density at radius 1 is 0.938 bits per heavy atom. The molecule has 0 bridgehead atoms. The molecule has 0 aromatic rings. The Balaban J connectivity index is 1.86. The summed E-state index contributed by atoms with van der Waals surface area (Å²) in [4.78, 5) is 0. The first-order valence-corrected chi connectivity index (χ1v) is 6.85. The van der Waals surface area contributed by atoms with Crippen molar-refractivity contribution in [2.75, 3.05) is 6.54 Å². The van der Waals surface area contributed by atoms with Crippen LogP contribution < -0.4 is 5.73 Å². The minimum Gasteiger partial charge on any atom is -0.390 e. The van der Waals surface area contributed by atoms with Gasteiger partial charge in [-0.3, -0.25) is 0 Å². The topological polar surface area (TPSA) is 55.5 Å². The number of rotatable bonds is 3. The van der Waals surface area contributed by atoms with E-state index in [0.29, 0.717) is 12.0 Å². The van der Waals surface area contributed by atoms with Gasteiger partial charge in [-0.1, -0.05) is 25.7 Å². The summed E-state index contributed by atoms with van der Waals surface area (Å²) in [5, 5.41) is 10.0. The predicted octanol–water partition coefficient (Wildman–Crippen LogP) is 1.82. The third kappa shape index (κ3) is 2.96. The molecular formula is C13H25NO2. The molecule has 0 aromatic carbocycles. The van der Waals surface area contributed by atoms with E-state index in [1.165, 1.54) is 25.7 Å². The molecule has 4 atom stereocenters.